The molecule has 0 aliphatic heterocycles. The lowest BCUT2D eigenvalue weighted by molar-refractivity contribution is 0.316. The van der Waals surface area contributed by atoms with Gasteiger partial charge in [-0.1, -0.05) is 13.8 Å². The van der Waals surface area contributed by atoms with Gasteiger partial charge in [-0.3, -0.25) is 0 Å². The second-order valence-electron chi connectivity index (χ2n) is 4.46. The van der Waals surface area contributed by atoms with E-state index in [0.29, 0.717) is 5.95 Å². The first-order valence-corrected chi connectivity index (χ1v) is 7.45. The number of hydrogen-bond acceptors (Lipinski definition) is 6. The van der Waals surface area contributed by atoms with Gasteiger partial charge in [0.25, 0.3) is 0 Å². The van der Waals surface area contributed by atoms with Crippen molar-refractivity contribution in [3.8, 4) is 0 Å². The zero-order valence-electron chi connectivity index (χ0n) is 11.7. The molecule has 0 aliphatic carbocycles. The number of thiophene rings is 1. The highest BCUT2D eigenvalue weighted by Gasteiger charge is 2.09. The largest absolute Gasteiger partial charge is 0.368 e. The lowest BCUT2D eigenvalue weighted by atomic mass is 10.3. The van der Waals surface area contributed by atoms with Crippen molar-refractivity contribution in [1.29, 1.82) is 0 Å². The number of nitrogens with one attached hydrogen (secondary N) is 1. The molecule has 2 rings (SSSR count). The molecule has 6 heteroatoms. The van der Waals surface area contributed by atoms with Gasteiger partial charge in [0.1, 0.15) is 10.6 Å². The van der Waals surface area contributed by atoms with Gasteiger partial charge >= 0.3 is 0 Å². The minimum Gasteiger partial charge on any atom is -0.368 e. The van der Waals surface area contributed by atoms with Crippen LogP contribution in [0, 0.1) is 6.92 Å². The summed E-state index contributed by atoms with van der Waals surface area (Å²) in [5.41, 5.74) is 5.75. The minimum absolute atomic E-state index is 0.333. The van der Waals surface area contributed by atoms with E-state index in [1.807, 2.05) is 0 Å². The highest BCUT2D eigenvalue weighted by atomic mass is 32.1. The first-order chi connectivity index (χ1) is 9.13. The van der Waals surface area contributed by atoms with Gasteiger partial charge in [0.2, 0.25) is 5.95 Å². The van der Waals surface area contributed by atoms with E-state index in [1.165, 1.54) is 4.88 Å². The SMILES string of the molecule is CCN(CC)CCNc1nc(N)nc2sc(C)cc12. The Bertz CT molecular complexity index is 547. The van der Waals surface area contributed by atoms with Crippen molar-refractivity contribution in [3.63, 3.8) is 0 Å². The third-order valence-electron chi connectivity index (χ3n) is 3.15. The molecule has 0 spiro atoms. The Morgan fingerprint density at radius 1 is 1.32 bits per heavy atom. The van der Waals surface area contributed by atoms with Crippen LogP contribution in [0.5, 0.6) is 0 Å². The molecule has 0 atom stereocenters. The van der Waals surface area contributed by atoms with Gasteiger partial charge in [-0.05, 0) is 26.1 Å². The Morgan fingerprint density at radius 2 is 2.05 bits per heavy atom. The molecule has 2 aromatic rings. The lowest BCUT2D eigenvalue weighted by Crippen LogP contribution is -2.28. The van der Waals surface area contributed by atoms with Crippen LogP contribution in [-0.2, 0) is 0 Å². The summed E-state index contributed by atoms with van der Waals surface area (Å²) >= 11 is 1.65. The summed E-state index contributed by atoms with van der Waals surface area (Å²) in [7, 11) is 0. The molecule has 0 saturated carbocycles. The van der Waals surface area contributed by atoms with Gasteiger partial charge in [0, 0.05) is 18.0 Å². The predicted molar refractivity (Wildman–Crippen MR) is 82.8 cm³/mol. The summed E-state index contributed by atoms with van der Waals surface area (Å²) in [5, 5.41) is 4.44. The number of aromatic nitrogens is 2. The van der Waals surface area contributed by atoms with E-state index in [9.17, 15) is 0 Å². The molecular weight excluding hydrogens is 258 g/mol. The van der Waals surface area contributed by atoms with Gasteiger partial charge in [0.15, 0.2) is 0 Å². The highest BCUT2D eigenvalue weighted by molar-refractivity contribution is 7.18. The Hall–Kier alpha value is -1.40. The second-order valence-corrected chi connectivity index (χ2v) is 5.69. The summed E-state index contributed by atoms with van der Waals surface area (Å²) in [5.74, 6) is 1.18. The molecule has 19 heavy (non-hydrogen) atoms. The summed E-state index contributed by atoms with van der Waals surface area (Å²) in [6, 6.07) is 2.11. The molecule has 0 bridgehead atoms. The quantitative estimate of drug-likeness (QED) is 0.849. The van der Waals surface area contributed by atoms with Gasteiger partial charge in [-0.2, -0.15) is 4.98 Å². The molecule has 2 heterocycles. The highest BCUT2D eigenvalue weighted by Crippen LogP contribution is 2.28. The normalized spacial score (nSPS) is 11.4. The van der Waals surface area contributed by atoms with Crippen LogP contribution < -0.4 is 11.1 Å². The molecule has 104 valence electrons. The van der Waals surface area contributed by atoms with Crippen LogP contribution in [0.15, 0.2) is 6.07 Å². The number of anilines is 2. The van der Waals surface area contributed by atoms with E-state index < -0.39 is 0 Å². The summed E-state index contributed by atoms with van der Waals surface area (Å²) in [6.07, 6.45) is 0. The zero-order chi connectivity index (χ0) is 13.8. The van der Waals surface area contributed by atoms with Crippen molar-refractivity contribution < 1.29 is 0 Å². The van der Waals surface area contributed by atoms with Crippen LogP contribution in [-0.4, -0.2) is 41.0 Å². The van der Waals surface area contributed by atoms with E-state index in [1.54, 1.807) is 11.3 Å². The number of nitrogen functional groups attached to an aromatic ring is 1. The van der Waals surface area contributed by atoms with Crippen molar-refractivity contribution in [2.45, 2.75) is 20.8 Å². The van der Waals surface area contributed by atoms with E-state index >= 15 is 0 Å². The second kappa shape index (κ2) is 6.16. The maximum absolute atomic E-state index is 5.75. The smallest absolute Gasteiger partial charge is 0.223 e. The Morgan fingerprint density at radius 3 is 2.74 bits per heavy atom. The monoisotopic (exact) mass is 279 g/mol. The van der Waals surface area contributed by atoms with Gasteiger partial charge in [-0.15, -0.1) is 11.3 Å². The maximum atomic E-state index is 5.75. The number of hydrogen-bond donors (Lipinski definition) is 2. The number of nitrogens with zero attached hydrogens (tertiary/aromatic N) is 3. The molecule has 0 aromatic carbocycles. The van der Waals surface area contributed by atoms with Crippen molar-refractivity contribution in [2.24, 2.45) is 0 Å². The van der Waals surface area contributed by atoms with Crippen LogP contribution >= 0.6 is 11.3 Å². The maximum Gasteiger partial charge on any atom is 0.223 e. The minimum atomic E-state index is 0.333. The number of rotatable bonds is 6. The van der Waals surface area contributed by atoms with Crippen LogP contribution in [0.25, 0.3) is 10.2 Å². The van der Waals surface area contributed by atoms with Crippen molar-refractivity contribution >= 4 is 33.3 Å². The molecule has 0 radical (unpaired) electrons. The first-order valence-electron chi connectivity index (χ1n) is 6.64. The fraction of sp³-hybridized carbons (Fsp3) is 0.538. The zero-order valence-corrected chi connectivity index (χ0v) is 12.5. The first kappa shape index (κ1) is 14.0. The molecule has 2 aromatic heterocycles. The number of likely N-dealkylation sites (N-methyl/N-ethyl adjacent to an activating group) is 1. The summed E-state index contributed by atoms with van der Waals surface area (Å²) in [4.78, 5) is 13.1. The summed E-state index contributed by atoms with van der Waals surface area (Å²) < 4.78 is 0. The number of nitrogens with two attached hydrogens (primary N) is 1. The molecule has 0 saturated heterocycles. The molecule has 0 amide bonds. The predicted octanol–water partition coefficient (Wildman–Crippen LogP) is 2.34. The fourth-order valence-electron chi connectivity index (χ4n) is 2.07. The van der Waals surface area contributed by atoms with Crippen LogP contribution in [0.1, 0.15) is 18.7 Å². The summed E-state index contributed by atoms with van der Waals surface area (Å²) in [6.45, 7) is 10.4. The van der Waals surface area contributed by atoms with Crippen molar-refractivity contribution in [3.05, 3.63) is 10.9 Å². The Labute approximate surface area is 117 Å². The van der Waals surface area contributed by atoms with Gasteiger partial charge in [0.05, 0.1) is 5.39 Å². The molecule has 0 unspecified atom stereocenters. The number of fused-ring (bicyclic) bond motifs is 1. The topological polar surface area (TPSA) is 67.1 Å². The fourth-order valence-corrected chi connectivity index (χ4v) is 2.95. The van der Waals surface area contributed by atoms with Gasteiger partial charge < -0.3 is 16.0 Å². The van der Waals surface area contributed by atoms with Crippen LogP contribution in [0.2, 0.25) is 0 Å². The van der Waals surface area contributed by atoms with E-state index in [-0.39, 0.29) is 0 Å². The molecule has 3 N–H and O–H groups in total. The average molecular weight is 279 g/mol. The van der Waals surface area contributed by atoms with Gasteiger partial charge in [-0.25, -0.2) is 4.98 Å². The lowest BCUT2D eigenvalue weighted by Gasteiger charge is -2.18. The van der Waals surface area contributed by atoms with Crippen LogP contribution in [0.3, 0.4) is 0 Å². The Kier molecular flexibility index (Phi) is 4.55. The van der Waals surface area contributed by atoms with E-state index in [0.717, 1.165) is 42.2 Å². The van der Waals surface area contributed by atoms with E-state index in [2.05, 4.69) is 47.0 Å². The molecule has 0 fully saturated rings. The van der Waals surface area contributed by atoms with E-state index in [4.69, 9.17) is 5.73 Å². The third kappa shape index (κ3) is 3.33. The van der Waals surface area contributed by atoms with Crippen molar-refractivity contribution in [2.75, 3.05) is 37.2 Å². The Balaban J connectivity index is 2.11. The van der Waals surface area contributed by atoms with Crippen LogP contribution in [0.4, 0.5) is 11.8 Å². The average Bonchev–Trinajstić information content (AvgIpc) is 2.74. The number of aryl methyl sites for hydroxylation is 1. The molecular formula is C13H21N5S. The van der Waals surface area contributed by atoms with Crippen molar-refractivity contribution in [1.82, 2.24) is 14.9 Å². The molecule has 0 aliphatic rings. The third-order valence-corrected chi connectivity index (χ3v) is 4.09. The molecule has 5 nitrogen and oxygen atoms in total. The standard InChI is InChI=1S/C13H21N5S/c1-4-18(5-2)7-6-15-11-10-8-9(3)19-12(10)17-13(14)16-11/h8H,4-7H2,1-3H3,(H3,14,15,16,17).